The largest absolute Gasteiger partial charge is 0.488 e. The van der Waals surface area contributed by atoms with Crippen LogP contribution in [-0.4, -0.2) is 17.6 Å². The van der Waals surface area contributed by atoms with E-state index in [-0.39, 0.29) is 6.10 Å². The summed E-state index contributed by atoms with van der Waals surface area (Å²) in [6.07, 6.45) is 0.993. The summed E-state index contributed by atoms with van der Waals surface area (Å²) in [5, 5.41) is 0. The number of para-hydroxylation sites is 1. The Morgan fingerprint density at radius 1 is 1.26 bits per heavy atom. The van der Waals surface area contributed by atoms with Crippen molar-refractivity contribution in [1.82, 2.24) is 4.98 Å². The lowest BCUT2D eigenvalue weighted by Crippen LogP contribution is -2.24. The molecule has 1 aliphatic heterocycles. The molecule has 3 rings (SSSR count). The molecule has 2 aromatic rings. The quantitative estimate of drug-likeness (QED) is 0.896. The first kappa shape index (κ1) is 12.2. The van der Waals surface area contributed by atoms with Crippen molar-refractivity contribution in [3.8, 4) is 17.0 Å². The maximum atomic E-state index is 5.95. The zero-order chi connectivity index (χ0) is 13.4. The van der Waals surface area contributed by atoms with Crippen molar-refractivity contribution in [2.24, 2.45) is 5.73 Å². The summed E-state index contributed by atoms with van der Waals surface area (Å²) in [6, 6.07) is 10.4. The highest BCUT2D eigenvalue weighted by Gasteiger charge is 2.24. The van der Waals surface area contributed by atoms with E-state index in [1.54, 1.807) is 0 Å². The van der Waals surface area contributed by atoms with Crippen LogP contribution >= 0.6 is 0 Å². The minimum atomic E-state index is 0.0997. The second kappa shape index (κ2) is 4.67. The number of nitrogens with two attached hydrogens (primary N) is 1. The van der Waals surface area contributed by atoms with E-state index >= 15 is 0 Å². The van der Waals surface area contributed by atoms with Crippen LogP contribution in [0.4, 0.5) is 0 Å². The number of rotatable bonds is 2. The molecule has 1 aromatic heterocycles. The molecule has 2 N–H and O–H groups in total. The van der Waals surface area contributed by atoms with Crippen LogP contribution in [0.15, 0.2) is 30.3 Å². The van der Waals surface area contributed by atoms with E-state index in [0.717, 1.165) is 29.1 Å². The minimum absolute atomic E-state index is 0.0997. The van der Waals surface area contributed by atoms with Crippen LogP contribution in [-0.2, 0) is 6.42 Å². The zero-order valence-electron chi connectivity index (χ0n) is 11.3. The van der Waals surface area contributed by atoms with Gasteiger partial charge in [-0.2, -0.15) is 0 Å². The fourth-order valence-electron chi connectivity index (χ4n) is 2.45. The summed E-state index contributed by atoms with van der Waals surface area (Å²) in [5.74, 6) is 0.953. The first-order valence-corrected chi connectivity index (χ1v) is 6.62. The molecule has 3 nitrogen and oxygen atoms in total. The van der Waals surface area contributed by atoms with Gasteiger partial charge in [0.15, 0.2) is 0 Å². The highest BCUT2D eigenvalue weighted by Crippen LogP contribution is 2.38. The standard InChI is InChI=1S/C16H18N2O/c1-10-6-7-15(18-11(10)2)14-5-3-4-12-8-13(9-17)19-16(12)14/h3-7,13H,8-9,17H2,1-2H3/t13-/m0/s1. The van der Waals surface area contributed by atoms with E-state index < -0.39 is 0 Å². The Morgan fingerprint density at radius 3 is 2.84 bits per heavy atom. The van der Waals surface area contributed by atoms with Gasteiger partial charge in [-0.1, -0.05) is 18.2 Å². The number of pyridine rings is 1. The number of hydrogen-bond acceptors (Lipinski definition) is 3. The lowest BCUT2D eigenvalue weighted by molar-refractivity contribution is 0.242. The first-order chi connectivity index (χ1) is 9.19. The third-order valence-electron chi connectivity index (χ3n) is 3.72. The van der Waals surface area contributed by atoms with Gasteiger partial charge in [-0.05, 0) is 37.1 Å². The number of nitrogens with zero attached hydrogens (tertiary/aromatic N) is 1. The highest BCUT2D eigenvalue weighted by atomic mass is 16.5. The normalized spacial score (nSPS) is 17.1. The predicted molar refractivity (Wildman–Crippen MR) is 76.3 cm³/mol. The van der Waals surface area contributed by atoms with Gasteiger partial charge in [0.2, 0.25) is 0 Å². The number of hydrogen-bond donors (Lipinski definition) is 1. The molecule has 0 unspecified atom stereocenters. The molecule has 0 spiro atoms. The van der Waals surface area contributed by atoms with Crippen LogP contribution < -0.4 is 10.5 Å². The lowest BCUT2D eigenvalue weighted by Gasteiger charge is -2.11. The van der Waals surface area contributed by atoms with Gasteiger partial charge in [0.25, 0.3) is 0 Å². The molecule has 0 bridgehead atoms. The van der Waals surface area contributed by atoms with Crippen molar-refractivity contribution in [3.63, 3.8) is 0 Å². The topological polar surface area (TPSA) is 48.1 Å². The van der Waals surface area contributed by atoms with Crippen LogP contribution in [0, 0.1) is 13.8 Å². The minimum Gasteiger partial charge on any atom is -0.488 e. The van der Waals surface area contributed by atoms with E-state index in [9.17, 15) is 0 Å². The Bertz CT molecular complexity index is 622. The average Bonchev–Trinajstić information content (AvgIpc) is 2.85. The van der Waals surface area contributed by atoms with Crippen molar-refractivity contribution in [2.45, 2.75) is 26.4 Å². The van der Waals surface area contributed by atoms with E-state index in [2.05, 4.69) is 42.2 Å². The van der Waals surface area contributed by atoms with Gasteiger partial charge in [-0.3, -0.25) is 4.98 Å². The molecular formula is C16H18N2O. The Balaban J connectivity index is 2.07. The van der Waals surface area contributed by atoms with Gasteiger partial charge in [-0.15, -0.1) is 0 Å². The molecule has 0 aliphatic carbocycles. The second-order valence-electron chi connectivity index (χ2n) is 5.07. The van der Waals surface area contributed by atoms with Crippen molar-refractivity contribution in [2.75, 3.05) is 6.54 Å². The Kier molecular flexibility index (Phi) is 2.99. The number of fused-ring (bicyclic) bond motifs is 1. The van der Waals surface area contributed by atoms with E-state index in [1.165, 1.54) is 11.1 Å². The summed E-state index contributed by atoms with van der Waals surface area (Å²) in [4.78, 5) is 4.66. The molecule has 2 heterocycles. The molecule has 1 atom stereocenters. The summed E-state index contributed by atoms with van der Waals surface area (Å²) in [7, 11) is 0. The van der Waals surface area contributed by atoms with Crippen molar-refractivity contribution >= 4 is 0 Å². The third-order valence-corrected chi connectivity index (χ3v) is 3.72. The van der Waals surface area contributed by atoms with Crippen LogP contribution in [0.3, 0.4) is 0 Å². The maximum absolute atomic E-state index is 5.95. The monoisotopic (exact) mass is 254 g/mol. The molecule has 19 heavy (non-hydrogen) atoms. The number of benzene rings is 1. The molecule has 0 saturated heterocycles. The maximum Gasteiger partial charge on any atom is 0.132 e. The second-order valence-corrected chi connectivity index (χ2v) is 5.07. The Morgan fingerprint density at radius 2 is 2.11 bits per heavy atom. The number of aromatic nitrogens is 1. The fraction of sp³-hybridized carbons (Fsp3) is 0.312. The van der Waals surface area contributed by atoms with E-state index in [1.807, 2.05) is 6.92 Å². The average molecular weight is 254 g/mol. The lowest BCUT2D eigenvalue weighted by atomic mass is 10.0. The SMILES string of the molecule is Cc1ccc(-c2cccc3c2O[C@H](CN)C3)nc1C. The van der Waals surface area contributed by atoms with E-state index in [4.69, 9.17) is 10.5 Å². The van der Waals surface area contributed by atoms with Crippen molar-refractivity contribution in [3.05, 3.63) is 47.2 Å². The van der Waals surface area contributed by atoms with E-state index in [0.29, 0.717) is 6.54 Å². The van der Waals surface area contributed by atoms with Gasteiger partial charge >= 0.3 is 0 Å². The number of ether oxygens (including phenoxy) is 1. The zero-order valence-corrected chi connectivity index (χ0v) is 11.3. The molecule has 0 saturated carbocycles. The van der Waals surface area contributed by atoms with Gasteiger partial charge in [0, 0.05) is 24.2 Å². The molecule has 0 radical (unpaired) electrons. The van der Waals surface area contributed by atoms with Crippen LogP contribution in [0.1, 0.15) is 16.8 Å². The summed E-state index contributed by atoms with van der Waals surface area (Å²) >= 11 is 0. The highest BCUT2D eigenvalue weighted by molar-refractivity contribution is 5.70. The van der Waals surface area contributed by atoms with Crippen molar-refractivity contribution < 1.29 is 4.74 Å². The third kappa shape index (κ3) is 2.10. The van der Waals surface area contributed by atoms with Crippen LogP contribution in [0.25, 0.3) is 11.3 Å². The van der Waals surface area contributed by atoms with Gasteiger partial charge in [0.05, 0.1) is 5.69 Å². The predicted octanol–water partition coefficient (Wildman–Crippen LogP) is 2.63. The summed E-state index contributed by atoms with van der Waals surface area (Å²) < 4.78 is 5.95. The molecule has 98 valence electrons. The Hall–Kier alpha value is -1.87. The fourth-order valence-corrected chi connectivity index (χ4v) is 2.45. The van der Waals surface area contributed by atoms with Gasteiger partial charge in [-0.25, -0.2) is 0 Å². The summed E-state index contributed by atoms with van der Waals surface area (Å²) in [6.45, 7) is 4.66. The van der Waals surface area contributed by atoms with Gasteiger partial charge < -0.3 is 10.5 Å². The van der Waals surface area contributed by atoms with Crippen molar-refractivity contribution in [1.29, 1.82) is 0 Å². The molecular weight excluding hydrogens is 236 g/mol. The molecule has 1 aliphatic rings. The molecule has 0 fully saturated rings. The number of aryl methyl sites for hydroxylation is 2. The first-order valence-electron chi connectivity index (χ1n) is 6.62. The molecule has 1 aromatic carbocycles. The Labute approximate surface area is 113 Å². The molecule has 3 heteroatoms. The van der Waals surface area contributed by atoms with Gasteiger partial charge in [0.1, 0.15) is 11.9 Å². The van der Waals surface area contributed by atoms with Crippen LogP contribution in [0.5, 0.6) is 5.75 Å². The van der Waals surface area contributed by atoms with Crippen LogP contribution in [0.2, 0.25) is 0 Å². The summed E-state index contributed by atoms with van der Waals surface area (Å²) in [5.41, 5.74) is 11.2. The smallest absolute Gasteiger partial charge is 0.132 e. The molecule has 0 amide bonds.